The summed E-state index contributed by atoms with van der Waals surface area (Å²) in [6, 6.07) is 0. The first-order chi connectivity index (χ1) is 17.1. The summed E-state index contributed by atoms with van der Waals surface area (Å²) < 4.78 is 44.6. The van der Waals surface area contributed by atoms with Crippen LogP contribution >= 0.6 is 0 Å². The molecule has 3 aliphatic rings. The summed E-state index contributed by atoms with van der Waals surface area (Å²) in [5.41, 5.74) is 1.73. The molecule has 0 aromatic heterocycles. The highest BCUT2D eigenvalue weighted by atomic mass is 16.8. The van der Waals surface area contributed by atoms with Crippen molar-refractivity contribution in [2.24, 2.45) is 5.92 Å². The molecule has 0 radical (unpaired) electrons. The molecule has 0 aromatic carbocycles. The van der Waals surface area contributed by atoms with Gasteiger partial charge < -0.3 is 37.9 Å². The molecular formula is C24H30O12. The minimum absolute atomic E-state index is 0.360. The van der Waals surface area contributed by atoms with Gasteiger partial charge in [0.25, 0.3) is 0 Å². The van der Waals surface area contributed by atoms with E-state index in [2.05, 4.69) is 6.58 Å². The predicted molar refractivity (Wildman–Crippen MR) is 119 cm³/mol. The Kier molecular flexibility index (Phi) is 9.24. The Morgan fingerprint density at radius 1 is 0.944 bits per heavy atom. The lowest BCUT2D eigenvalue weighted by Gasteiger charge is -2.45. The van der Waals surface area contributed by atoms with Crippen molar-refractivity contribution in [2.45, 2.75) is 64.7 Å². The van der Waals surface area contributed by atoms with E-state index in [9.17, 15) is 19.2 Å². The number of hydrogen-bond acceptors (Lipinski definition) is 12. The molecular weight excluding hydrogens is 480 g/mol. The number of fused-ring (bicyclic) bond motifs is 1. The summed E-state index contributed by atoms with van der Waals surface area (Å²) in [5, 5.41) is 0. The van der Waals surface area contributed by atoms with E-state index in [1.54, 1.807) is 6.08 Å². The van der Waals surface area contributed by atoms with Gasteiger partial charge in [0.2, 0.25) is 12.6 Å². The lowest BCUT2D eigenvalue weighted by molar-refractivity contribution is -0.339. The Hall–Kier alpha value is -3.22. The zero-order valence-corrected chi connectivity index (χ0v) is 20.5. The molecule has 36 heavy (non-hydrogen) atoms. The van der Waals surface area contributed by atoms with Crippen LogP contribution in [0.1, 0.15) is 27.7 Å². The normalized spacial score (nSPS) is 31.4. The fourth-order valence-electron chi connectivity index (χ4n) is 4.15. The van der Waals surface area contributed by atoms with E-state index < -0.39 is 66.8 Å². The molecule has 12 nitrogen and oxygen atoms in total. The lowest BCUT2D eigenvalue weighted by atomic mass is 9.89. The molecule has 3 aliphatic heterocycles. The maximum atomic E-state index is 12.0. The van der Waals surface area contributed by atoms with E-state index in [0.717, 1.165) is 31.9 Å². The molecule has 3 rings (SSSR count). The summed E-state index contributed by atoms with van der Waals surface area (Å²) in [5.74, 6) is -3.23. The van der Waals surface area contributed by atoms with Crippen molar-refractivity contribution in [1.82, 2.24) is 0 Å². The zero-order chi connectivity index (χ0) is 26.4. The van der Waals surface area contributed by atoms with Gasteiger partial charge in [0.1, 0.15) is 12.7 Å². The number of ether oxygens (including phenoxy) is 8. The third-order valence-electron chi connectivity index (χ3n) is 5.52. The van der Waals surface area contributed by atoms with Crippen molar-refractivity contribution in [1.29, 1.82) is 0 Å². The maximum Gasteiger partial charge on any atom is 0.303 e. The molecule has 198 valence electrons. The quantitative estimate of drug-likeness (QED) is 0.262. The van der Waals surface area contributed by atoms with Crippen LogP contribution < -0.4 is 0 Å². The van der Waals surface area contributed by atoms with Gasteiger partial charge in [0.15, 0.2) is 18.3 Å². The Morgan fingerprint density at radius 2 is 1.58 bits per heavy atom. The smallest absolute Gasteiger partial charge is 0.303 e. The van der Waals surface area contributed by atoms with Crippen LogP contribution in [0.25, 0.3) is 0 Å². The van der Waals surface area contributed by atoms with Crippen LogP contribution in [-0.4, -0.2) is 80.7 Å². The highest BCUT2D eigenvalue weighted by Gasteiger charge is 2.54. The average Bonchev–Trinajstić information content (AvgIpc) is 2.80. The molecule has 0 amide bonds. The minimum Gasteiger partial charge on any atom is -0.471 e. The second-order valence-electron chi connectivity index (χ2n) is 8.29. The third-order valence-corrected chi connectivity index (χ3v) is 5.52. The molecule has 1 saturated heterocycles. The Balaban J connectivity index is 1.96. The molecule has 7 atom stereocenters. The van der Waals surface area contributed by atoms with Crippen LogP contribution in [0, 0.1) is 5.92 Å². The number of carbonyl (C=O) groups excluding carboxylic acids is 4. The summed E-state index contributed by atoms with van der Waals surface area (Å²) in [4.78, 5) is 47.3. The van der Waals surface area contributed by atoms with Crippen LogP contribution in [0.2, 0.25) is 0 Å². The first kappa shape index (κ1) is 27.4. The van der Waals surface area contributed by atoms with Crippen LogP contribution in [0.15, 0.2) is 36.1 Å². The second kappa shape index (κ2) is 12.2. The largest absolute Gasteiger partial charge is 0.471 e. The second-order valence-corrected chi connectivity index (χ2v) is 8.29. The average molecular weight is 510 g/mol. The van der Waals surface area contributed by atoms with Gasteiger partial charge in [-0.1, -0.05) is 12.2 Å². The Morgan fingerprint density at radius 3 is 2.19 bits per heavy atom. The van der Waals surface area contributed by atoms with E-state index >= 15 is 0 Å². The van der Waals surface area contributed by atoms with Crippen molar-refractivity contribution in [3.05, 3.63) is 36.1 Å². The van der Waals surface area contributed by atoms with E-state index in [1.165, 1.54) is 13.2 Å². The summed E-state index contributed by atoms with van der Waals surface area (Å²) in [6.45, 7) is 8.91. The van der Waals surface area contributed by atoms with Gasteiger partial charge >= 0.3 is 23.9 Å². The number of hydrogen-bond donors (Lipinski definition) is 0. The molecule has 0 spiro atoms. The highest BCUT2D eigenvalue weighted by molar-refractivity contribution is 5.68. The highest BCUT2D eigenvalue weighted by Crippen LogP contribution is 2.37. The van der Waals surface area contributed by atoms with Crippen molar-refractivity contribution >= 4 is 23.9 Å². The van der Waals surface area contributed by atoms with Gasteiger partial charge in [-0.3, -0.25) is 19.2 Å². The molecule has 0 aliphatic carbocycles. The molecule has 0 unspecified atom stereocenters. The standard InChI is InChI=1S/C24H30O12/c1-6-17-18-7-8-29-9-16(18)10-31-23(17)36-24-22(34-15(5)28)21(33-14(4)27)20(32-13(3)26)19(35-24)11-30-12(2)25/h6-7,10,17,19-24H,1,8-9,11H2,2-5H3/t17-,19-,20-,21+,22-,23-,24+/m0/s1. The van der Waals surface area contributed by atoms with Gasteiger partial charge in [0.05, 0.1) is 25.4 Å². The molecule has 0 bridgehead atoms. The molecule has 3 heterocycles. The fraction of sp³-hybridized carbons (Fsp3) is 0.583. The summed E-state index contributed by atoms with van der Waals surface area (Å²) in [7, 11) is 0. The first-order valence-corrected chi connectivity index (χ1v) is 11.3. The topological polar surface area (TPSA) is 142 Å². The van der Waals surface area contributed by atoms with Crippen molar-refractivity contribution in [2.75, 3.05) is 19.8 Å². The van der Waals surface area contributed by atoms with E-state index in [4.69, 9.17) is 37.9 Å². The van der Waals surface area contributed by atoms with Crippen molar-refractivity contribution in [3.63, 3.8) is 0 Å². The lowest BCUT2D eigenvalue weighted by Crippen LogP contribution is -2.63. The van der Waals surface area contributed by atoms with Gasteiger partial charge in [-0.2, -0.15) is 0 Å². The third kappa shape index (κ3) is 6.71. The van der Waals surface area contributed by atoms with E-state index in [0.29, 0.717) is 13.2 Å². The first-order valence-electron chi connectivity index (χ1n) is 11.3. The van der Waals surface area contributed by atoms with E-state index in [1.807, 2.05) is 6.08 Å². The van der Waals surface area contributed by atoms with Crippen molar-refractivity contribution < 1.29 is 57.1 Å². The Bertz CT molecular complexity index is 937. The minimum atomic E-state index is -1.37. The van der Waals surface area contributed by atoms with Gasteiger partial charge in [-0.15, -0.1) is 6.58 Å². The summed E-state index contributed by atoms with van der Waals surface area (Å²) in [6.07, 6.45) is -2.40. The number of rotatable bonds is 8. The number of esters is 4. The molecule has 0 aromatic rings. The van der Waals surface area contributed by atoms with Gasteiger partial charge in [0, 0.05) is 33.3 Å². The van der Waals surface area contributed by atoms with Crippen molar-refractivity contribution in [3.8, 4) is 0 Å². The molecule has 0 saturated carbocycles. The summed E-state index contributed by atoms with van der Waals surface area (Å²) >= 11 is 0. The maximum absolute atomic E-state index is 12.0. The Labute approximate surface area is 208 Å². The molecule has 0 N–H and O–H groups in total. The predicted octanol–water partition coefficient (Wildman–Crippen LogP) is 1.09. The molecule has 12 heteroatoms. The van der Waals surface area contributed by atoms with Crippen LogP contribution in [0.4, 0.5) is 0 Å². The van der Waals surface area contributed by atoms with Gasteiger partial charge in [-0.25, -0.2) is 0 Å². The SMILES string of the molecule is C=C[C@H]1C2=CCOCC2=CO[C@H]1O[C@H]1O[C@@H](COC(C)=O)[C@H](OC(C)=O)[C@@H](OC(C)=O)[C@@H]1OC(C)=O. The van der Waals surface area contributed by atoms with Crippen LogP contribution in [0.5, 0.6) is 0 Å². The van der Waals surface area contributed by atoms with Gasteiger partial charge in [-0.05, 0) is 5.57 Å². The monoisotopic (exact) mass is 510 g/mol. The zero-order valence-electron chi connectivity index (χ0n) is 20.5. The van der Waals surface area contributed by atoms with Crippen LogP contribution in [0.3, 0.4) is 0 Å². The van der Waals surface area contributed by atoms with Crippen LogP contribution in [-0.2, 0) is 57.1 Å². The van der Waals surface area contributed by atoms with E-state index in [-0.39, 0.29) is 6.61 Å². The number of carbonyl (C=O) groups is 4. The molecule has 1 fully saturated rings. The fourth-order valence-corrected chi connectivity index (χ4v) is 4.15.